The van der Waals surface area contributed by atoms with E-state index in [2.05, 4.69) is 10.6 Å². The van der Waals surface area contributed by atoms with Gasteiger partial charge in [-0.15, -0.1) is 12.4 Å². The molecule has 1 aromatic carbocycles. The number of nitrogens with one attached hydrogen (secondary N) is 2. The van der Waals surface area contributed by atoms with Gasteiger partial charge < -0.3 is 10.6 Å². The van der Waals surface area contributed by atoms with Crippen LogP contribution in [0.5, 0.6) is 0 Å². The lowest BCUT2D eigenvalue weighted by Gasteiger charge is -2.23. The summed E-state index contributed by atoms with van der Waals surface area (Å²) in [5.74, 6) is -0.0411. The summed E-state index contributed by atoms with van der Waals surface area (Å²) >= 11 is 6.01. The third-order valence-electron chi connectivity index (χ3n) is 3.07. The van der Waals surface area contributed by atoms with Crippen LogP contribution >= 0.6 is 24.0 Å². The van der Waals surface area contributed by atoms with Gasteiger partial charge in [0.2, 0.25) is 0 Å². The van der Waals surface area contributed by atoms with Crippen LogP contribution in [0.4, 0.5) is 0 Å². The van der Waals surface area contributed by atoms with Crippen LogP contribution in [0.15, 0.2) is 18.2 Å². The zero-order chi connectivity index (χ0) is 12.3. The van der Waals surface area contributed by atoms with Crippen molar-refractivity contribution in [2.75, 3.05) is 13.1 Å². The van der Waals surface area contributed by atoms with Gasteiger partial charge in [0.05, 0.1) is 0 Å². The maximum absolute atomic E-state index is 12.0. The average Bonchev–Trinajstić information content (AvgIpc) is 2.34. The Morgan fingerprint density at radius 1 is 1.50 bits per heavy atom. The number of carbonyl (C=O) groups excluding carboxylic acids is 1. The predicted octanol–water partition coefficient (Wildman–Crippen LogP) is 2.55. The molecule has 0 spiro atoms. The molecule has 1 heterocycles. The molecule has 1 aliphatic heterocycles. The Morgan fingerprint density at radius 2 is 2.28 bits per heavy atom. The molecule has 1 amide bonds. The van der Waals surface area contributed by atoms with Crippen LogP contribution in [0, 0.1) is 6.92 Å². The maximum Gasteiger partial charge on any atom is 0.251 e. The van der Waals surface area contributed by atoms with Gasteiger partial charge in [0.15, 0.2) is 0 Å². The van der Waals surface area contributed by atoms with Gasteiger partial charge in [-0.1, -0.05) is 17.7 Å². The van der Waals surface area contributed by atoms with Gasteiger partial charge in [-0.25, -0.2) is 0 Å². The van der Waals surface area contributed by atoms with E-state index in [0.29, 0.717) is 10.6 Å². The number of piperidine rings is 1. The fourth-order valence-corrected chi connectivity index (χ4v) is 2.16. The topological polar surface area (TPSA) is 41.1 Å². The van der Waals surface area contributed by atoms with Gasteiger partial charge in [-0.3, -0.25) is 4.79 Å². The molecule has 1 aliphatic rings. The summed E-state index contributed by atoms with van der Waals surface area (Å²) in [4.78, 5) is 12.0. The van der Waals surface area contributed by atoms with E-state index in [4.69, 9.17) is 11.6 Å². The molecular weight excluding hydrogens is 271 g/mol. The Kier molecular flexibility index (Phi) is 5.93. The Labute approximate surface area is 119 Å². The average molecular weight is 289 g/mol. The normalized spacial score (nSPS) is 18.9. The van der Waals surface area contributed by atoms with Crippen molar-refractivity contribution < 1.29 is 4.79 Å². The molecule has 1 fully saturated rings. The molecule has 2 rings (SSSR count). The van der Waals surface area contributed by atoms with Gasteiger partial charge in [0, 0.05) is 23.2 Å². The third-order valence-corrected chi connectivity index (χ3v) is 3.47. The first-order valence-electron chi connectivity index (χ1n) is 5.94. The van der Waals surface area contributed by atoms with Crippen LogP contribution in [0.25, 0.3) is 0 Å². The first kappa shape index (κ1) is 15.3. The van der Waals surface area contributed by atoms with Crippen LogP contribution in [-0.4, -0.2) is 25.0 Å². The second-order valence-electron chi connectivity index (χ2n) is 4.48. The summed E-state index contributed by atoms with van der Waals surface area (Å²) in [6, 6.07) is 5.64. The molecule has 18 heavy (non-hydrogen) atoms. The van der Waals surface area contributed by atoms with Crippen molar-refractivity contribution in [3.8, 4) is 0 Å². The number of hydrogen-bond donors (Lipinski definition) is 2. The highest BCUT2D eigenvalue weighted by molar-refractivity contribution is 6.31. The molecule has 2 N–H and O–H groups in total. The van der Waals surface area contributed by atoms with Gasteiger partial charge in [0.25, 0.3) is 5.91 Å². The lowest BCUT2D eigenvalue weighted by Crippen LogP contribution is -2.45. The van der Waals surface area contributed by atoms with Crippen molar-refractivity contribution in [1.29, 1.82) is 0 Å². The molecule has 5 heteroatoms. The van der Waals surface area contributed by atoms with E-state index in [0.717, 1.165) is 31.5 Å². The van der Waals surface area contributed by atoms with Crippen molar-refractivity contribution in [2.45, 2.75) is 25.8 Å². The Morgan fingerprint density at radius 3 is 2.89 bits per heavy atom. The Hall–Kier alpha value is -0.770. The van der Waals surface area contributed by atoms with Crippen molar-refractivity contribution >= 4 is 29.9 Å². The number of amides is 1. The molecule has 100 valence electrons. The first-order chi connectivity index (χ1) is 8.16. The number of benzene rings is 1. The zero-order valence-electron chi connectivity index (χ0n) is 10.3. The molecule has 0 radical (unpaired) electrons. The molecule has 1 atom stereocenters. The van der Waals surface area contributed by atoms with E-state index in [-0.39, 0.29) is 24.4 Å². The van der Waals surface area contributed by atoms with E-state index in [1.54, 1.807) is 6.07 Å². The molecule has 1 saturated heterocycles. The number of aryl methyl sites for hydroxylation is 1. The van der Waals surface area contributed by atoms with Gasteiger partial charge in [-0.2, -0.15) is 0 Å². The molecule has 0 aromatic heterocycles. The first-order valence-corrected chi connectivity index (χ1v) is 6.32. The minimum Gasteiger partial charge on any atom is -0.348 e. The molecule has 0 saturated carbocycles. The van der Waals surface area contributed by atoms with Crippen LogP contribution in [0.1, 0.15) is 28.8 Å². The summed E-state index contributed by atoms with van der Waals surface area (Å²) in [6.45, 7) is 3.82. The zero-order valence-corrected chi connectivity index (χ0v) is 11.9. The summed E-state index contributed by atoms with van der Waals surface area (Å²) in [5.41, 5.74) is 1.62. The van der Waals surface area contributed by atoms with Gasteiger partial charge in [-0.05, 0) is 44.0 Å². The number of halogens is 2. The highest BCUT2D eigenvalue weighted by atomic mass is 35.5. The summed E-state index contributed by atoms with van der Waals surface area (Å²) in [7, 11) is 0. The van der Waals surface area contributed by atoms with Crippen LogP contribution in [0.3, 0.4) is 0 Å². The minimum atomic E-state index is -0.0411. The Bertz CT molecular complexity index is 417. The number of carbonyl (C=O) groups is 1. The SMILES string of the molecule is Cc1ccc(C(=O)N[C@@H]2CCCNC2)cc1Cl.Cl. The second kappa shape index (κ2) is 6.98. The van der Waals surface area contributed by atoms with E-state index in [1.165, 1.54) is 0 Å². The van der Waals surface area contributed by atoms with Gasteiger partial charge in [0.1, 0.15) is 0 Å². The van der Waals surface area contributed by atoms with E-state index >= 15 is 0 Å². The van der Waals surface area contributed by atoms with Crippen molar-refractivity contribution in [1.82, 2.24) is 10.6 Å². The highest BCUT2D eigenvalue weighted by Gasteiger charge is 2.16. The van der Waals surface area contributed by atoms with E-state index in [9.17, 15) is 4.79 Å². The summed E-state index contributed by atoms with van der Waals surface area (Å²) in [6.07, 6.45) is 2.15. The Balaban J connectivity index is 0.00000162. The monoisotopic (exact) mass is 288 g/mol. The predicted molar refractivity (Wildman–Crippen MR) is 76.8 cm³/mol. The van der Waals surface area contributed by atoms with E-state index in [1.807, 2.05) is 19.1 Å². The second-order valence-corrected chi connectivity index (χ2v) is 4.89. The molecule has 0 unspecified atom stereocenters. The van der Waals surface area contributed by atoms with Crippen molar-refractivity contribution in [3.05, 3.63) is 34.3 Å². The largest absolute Gasteiger partial charge is 0.348 e. The lowest BCUT2D eigenvalue weighted by molar-refractivity contribution is 0.0930. The van der Waals surface area contributed by atoms with Crippen LogP contribution in [-0.2, 0) is 0 Å². The van der Waals surface area contributed by atoms with Crippen LogP contribution < -0.4 is 10.6 Å². The van der Waals surface area contributed by atoms with Crippen molar-refractivity contribution in [3.63, 3.8) is 0 Å². The molecule has 3 nitrogen and oxygen atoms in total. The minimum absolute atomic E-state index is 0. The fraction of sp³-hybridized carbons (Fsp3) is 0.462. The molecule has 0 bridgehead atoms. The maximum atomic E-state index is 12.0. The third kappa shape index (κ3) is 3.87. The molecule has 0 aliphatic carbocycles. The van der Waals surface area contributed by atoms with Gasteiger partial charge >= 0.3 is 0 Å². The number of hydrogen-bond acceptors (Lipinski definition) is 2. The quantitative estimate of drug-likeness (QED) is 0.878. The molecular formula is C13H18Cl2N2O. The lowest BCUT2D eigenvalue weighted by atomic mass is 10.1. The van der Waals surface area contributed by atoms with E-state index < -0.39 is 0 Å². The highest BCUT2D eigenvalue weighted by Crippen LogP contribution is 2.16. The molecule has 1 aromatic rings. The van der Waals surface area contributed by atoms with Crippen molar-refractivity contribution in [2.24, 2.45) is 0 Å². The smallest absolute Gasteiger partial charge is 0.251 e. The number of rotatable bonds is 2. The van der Waals surface area contributed by atoms with Crippen LogP contribution in [0.2, 0.25) is 5.02 Å². The summed E-state index contributed by atoms with van der Waals surface area (Å²) < 4.78 is 0. The fourth-order valence-electron chi connectivity index (χ4n) is 1.98. The summed E-state index contributed by atoms with van der Waals surface area (Å²) in [5, 5.41) is 6.93. The standard InChI is InChI=1S/C13H17ClN2O.ClH/c1-9-4-5-10(7-12(9)14)13(17)16-11-3-2-6-15-8-11;/h4-5,7,11,15H,2-3,6,8H2,1H3,(H,16,17);1H/t11-;/m1./s1.